The topological polar surface area (TPSA) is 76.2 Å². The molecule has 4 heteroatoms. The number of hydrogen-bond donors (Lipinski definition) is 2. The van der Waals surface area contributed by atoms with E-state index in [2.05, 4.69) is 6.07 Å². The summed E-state index contributed by atoms with van der Waals surface area (Å²) in [6.45, 7) is 5.98. The van der Waals surface area contributed by atoms with Crippen LogP contribution in [0.5, 0.6) is 5.75 Å². The number of aromatic nitrogens is 1. The molecule has 4 nitrogen and oxygen atoms in total. The van der Waals surface area contributed by atoms with Crippen LogP contribution >= 0.6 is 0 Å². The van der Waals surface area contributed by atoms with E-state index >= 15 is 0 Å². The second-order valence-corrected chi connectivity index (χ2v) is 6.27. The number of aromatic hydroxyl groups is 1. The molecular weight excluding hydrogens is 300 g/mol. The molecule has 1 aromatic heterocycles. The highest BCUT2D eigenvalue weighted by molar-refractivity contribution is 5.87. The summed E-state index contributed by atoms with van der Waals surface area (Å²) in [5.74, 6) is -0.0949. The number of carbonyl (C=O) groups is 1. The van der Waals surface area contributed by atoms with Crippen LogP contribution in [0.3, 0.4) is 0 Å². The van der Waals surface area contributed by atoms with Crippen molar-refractivity contribution in [2.45, 2.75) is 27.2 Å². The highest BCUT2D eigenvalue weighted by Gasteiger charge is 2.12. The molecule has 0 aliphatic carbocycles. The molecular formula is C20H20N2O2. The van der Waals surface area contributed by atoms with E-state index in [0.29, 0.717) is 0 Å². The number of phenolic OH excluding ortho intramolecular Hbond substituents is 1. The van der Waals surface area contributed by atoms with Gasteiger partial charge >= 0.3 is 0 Å². The summed E-state index contributed by atoms with van der Waals surface area (Å²) in [5.41, 5.74) is 12.0. The fourth-order valence-electron chi connectivity index (χ4n) is 3.23. The Hall–Kier alpha value is -2.88. The van der Waals surface area contributed by atoms with Gasteiger partial charge in [0.25, 0.3) is 0 Å². The Morgan fingerprint density at radius 2 is 1.71 bits per heavy atom. The van der Waals surface area contributed by atoms with Crippen molar-refractivity contribution in [1.29, 1.82) is 0 Å². The molecule has 0 bridgehead atoms. The zero-order valence-corrected chi connectivity index (χ0v) is 14.1. The van der Waals surface area contributed by atoms with Gasteiger partial charge in [-0.15, -0.1) is 0 Å². The summed E-state index contributed by atoms with van der Waals surface area (Å²) in [5, 5.41) is 10.8. The molecule has 24 heavy (non-hydrogen) atoms. The van der Waals surface area contributed by atoms with Gasteiger partial charge < -0.3 is 10.8 Å². The van der Waals surface area contributed by atoms with Gasteiger partial charge in [-0.2, -0.15) is 0 Å². The monoisotopic (exact) mass is 320 g/mol. The van der Waals surface area contributed by atoms with Gasteiger partial charge in [0.1, 0.15) is 5.75 Å². The SMILES string of the molecule is Cc1cc(O)cc(C)c1-c1cc(C)c2ccc(CC(N)=O)cc2n1. The van der Waals surface area contributed by atoms with Crippen molar-refractivity contribution in [3.63, 3.8) is 0 Å². The lowest BCUT2D eigenvalue weighted by molar-refractivity contribution is -0.117. The second kappa shape index (κ2) is 5.96. The number of hydrogen-bond acceptors (Lipinski definition) is 3. The van der Waals surface area contributed by atoms with E-state index in [1.54, 1.807) is 12.1 Å². The fraction of sp³-hybridized carbons (Fsp3) is 0.200. The maximum absolute atomic E-state index is 11.2. The number of nitrogens with zero attached hydrogens (tertiary/aromatic N) is 1. The van der Waals surface area contributed by atoms with Gasteiger partial charge in [0.05, 0.1) is 17.6 Å². The molecule has 3 aromatic rings. The van der Waals surface area contributed by atoms with Crippen LogP contribution in [0, 0.1) is 20.8 Å². The number of nitrogens with two attached hydrogens (primary N) is 1. The van der Waals surface area contributed by atoms with Crippen molar-refractivity contribution < 1.29 is 9.90 Å². The molecule has 0 saturated heterocycles. The van der Waals surface area contributed by atoms with Crippen LogP contribution in [0.2, 0.25) is 0 Å². The van der Waals surface area contributed by atoms with E-state index in [4.69, 9.17) is 10.7 Å². The van der Waals surface area contributed by atoms with Gasteiger partial charge in [-0.05, 0) is 67.3 Å². The average Bonchev–Trinajstić information content (AvgIpc) is 2.45. The Morgan fingerprint density at radius 3 is 2.33 bits per heavy atom. The van der Waals surface area contributed by atoms with Crippen LogP contribution in [0.15, 0.2) is 36.4 Å². The largest absolute Gasteiger partial charge is 0.508 e. The fourth-order valence-corrected chi connectivity index (χ4v) is 3.23. The number of amides is 1. The van der Waals surface area contributed by atoms with Crippen LogP contribution in [0.1, 0.15) is 22.3 Å². The molecule has 1 amide bonds. The summed E-state index contributed by atoms with van der Waals surface area (Å²) in [4.78, 5) is 16.0. The molecule has 2 aromatic carbocycles. The Bertz CT molecular complexity index is 938. The lowest BCUT2D eigenvalue weighted by Crippen LogP contribution is -2.13. The van der Waals surface area contributed by atoms with E-state index in [9.17, 15) is 9.90 Å². The second-order valence-electron chi connectivity index (χ2n) is 6.27. The Labute approximate surface area is 141 Å². The number of carbonyl (C=O) groups excluding carboxylic acids is 1. The molecule has 0 aliphatic rings. The Kier molecular flexibility index (Phi) is 3.97. The number of pyridine rings is 1. The molecule has 0 saturated carbocycles. The zero-order valence-electron chi connectivity index (χ0n) is 14.1. The van der Waals surface area contributed by atoms with Crippen LogP contribution in [0.25, 0.3) is 22.2 Å². The Balaban J connectivity index is 2.21. The summed E-state index contributed by atoms with van der Waals surface area (Å²) in [6.07, 6.45) is 0.207. The molecule has 0 radical (unpaired) electrons. The number of aryl methyl sites for hydroxylation is 3. The molecule has 0 spiro atoms. The van der Waals surface area contributed by atoms with Crippen LogP contribution < -0.4 is 5.73 Å². The first-order valence-corrected chi connectivity index (χ1v) is 7.84. The van der Waals surface area contributed by atoms with Gasteiger partial charge in [0, 0.05) is 10.9 Å². The average molecular weight is 320 g/mol. The van der Waals surface area contributed by atoms with Crippen molar-refractivity contribution >= 4 is 16.8 Å². The standard InChI is InChI=1S/C20H20N2O2/c1-11-8-18(20-12(2)6-15(23)7-13(20)3)22-17-9-14(10-19(21)24)4-5-16(11)17/h4-9,23H,10H2,1-3H3,(H2,21,24). The van der Waals surface area contributed by atoms with Crippen LogP contribution in [-0.2, 0) is 11.2 Å². The van der Waals surface area contributed by atoms with Crippen molar-refractivity contribution in [2.24, 2.45) is 5.73 Å². The minimum atomic E-state index is -0.354. The minimum absolute atomic E-state index is 0.207. The Morgan fingerprint density at radius 1 is 1.04 bits per heavy atom. The van der Waals surface area contributed by atoms with Crippen molar-refractivity contribution in [1.82, 2.24) is 4.98 Å². The highest BCUT2D eigenvalue weighted by Crippen LogP contribution is 2.32. The van der Waals surface area contributed by atoms with Crippen LogP contribution in [-0.4, -0.2) is 16.0 Å². The van der Waals surface area contributed by atoms with Crippen LogP contribution in [0.4, 0.5) is 0 Å². The lowest BCUT2D eigenvalue weighted by Gasteiger charge is -2.13. The van der Waals surface area contributed by atoms with Crippen molar-refractivity contribution in [3.8, 4) is 17.0 Å². The van der Waals surface area contributed by atoms with E-state index in [1.165, 1.54) is 0 Å². The van der Waals surface area contributed by atoms with Gasteiger partial charge in [-0.25, -0.2) is 4.98 Å². The first kappa shape index (κ1) is 16.0. The van der Waals surface area contributed by atoms with E-state index in [1.807, 2.05) is 39.0 Å². The first-order valence-electron chi connectivity index (χ1n) is 7.84. The number of primary amides is 1. The molecule has 1 heterocycles. The predicted octanol–water partition coefficient (Wildman–Crippen LogP) is 3.56. The first-order chi connectivity index (χ1) is 11.3. The third kappa shape index (κ3) is 2.95. The number of rotatable bonds is 3. The molecule has 3 rings (SSSR count). The molecule has 3 N–H and O–H groups in total. The molecule has 0 aliphatic heterocycles. The smallest absolute Gasteiger partial charge is 0.221 e. The molecule has 0 unspecified atom stereocenters. The summed E-state index contributed by atoms with van der Waals surface area (Å²) >= 11 is 0. The zero-order chi connectivity index (χ0) is 17.4. The van der Waals surface area contributed by atoms with Crippen molar-refractivity contribution in [3.05, 3.63) is 58.7 Å². The molecule has 0 fully saturated rings. The van der Waals surface area contributed by atoms with Gasteiger partial charge in [-0.3, -0.25) is 4.79 Å². The van der Waals surface area contributed by atoms with Gasteiger partial charge in [-0.1, -0.05) is 12.1 Å². The molecule has 122 valence electrons. The summed E-state index contributed by atoms with van der Waals surface area (Å²) in [7, 11) is 0. The highest BCUT2D eigenvalue weighted by atomic mass is 16.3. The third-order valence-electron chi connectivity index (χ3n) is 4.23. The quantitative estimate of drug-likeness (QED) is 0.774. The molecule has 0 atom stereocenters. The van der Waals surface area contributed by atoms with Gasteiger partial charge in [0.15, 0.2) is 0 Å². The summed E-state index contributed by atoms with van der Waals surface area (Å²) in [6, 6.07) is 11.4. The number of phenols is 1. The maximum Gasteiger partial charge on any atom is 0.221 e. The third-order valence-corrected chi connectivity index (χ3v) is 4.23. The lowest BCUT2D eigenvalue weighted by atomic mass is 9.96. The number of benzene rings is 2. The van der Waals surface area contributed by atoms with Gasteiger partial charge in [0.2, 0.25) is 5.91 Å². The minimum Gasteiger partial charge on any atom is -0.508 e. The normalized spacial score (nSPS) is 11.0. The van der Waals surface area contributed by atoms with E-state index in [-0.39, 0.29) is 18.1 Å². The number of fused-ring (bicyclic) bond motifs is 1. The van der Waals surface area contributed by atoms with Crippen molar-refractivity contribution in [2.75, 3.05) is 0 Å². The van der Waals surface area contributed by atoms with E-state index in [0.717, 1.165) is 44.4 Å². The predicted molar refractivity (Wildman–Crippen MR) is 96.0 cm³/mol. The maximum atomic E-state index is 11.2. The van der Waals surface area contributed by atoms with E-state index < -0.39 is 0 Å². The summed E-state index contributed by atoms with van der Waals surface area (Å²) < 4.78 is 0.